The van der Waals surface area contributed by atoms with Crippen LogP contribution in [0.2, 0.25) is 0 Å². The highest BCUT2D eigenvalue weighted by Gasteiger charge is 2.16. The van der Waals surface area contributed by atoms with Crippen molar-refractivity contribution in [3.05, 3.63) is 109 Å². The molecular formula is C30H21N7O. The Balaban J connectivity index is 1.24. The van der Waals surface area contributed by atoms with Crippen molar-refractivity contribution in [1.82, 2.24) is 35.1 Å². The number of aromatic amines is 2. The van der Waals surface area contributed by atoms with Crippen molar-refractivity contribution in [2.45, 2.75) is 6.61 Å². The summed E-state index contributed by atoms with van der Waals surface area (Å²) in [7, 11) is 0. The Hall–Kier alpha value is -5.37. The lowest BCUT2D eigenvalue weighted by Gasteiger charge is -2.08. The topological polar surface area (TPSA) is 105 Å². The number of imidazole rings is 1. The first-order valence-corrected chi connectivity index (χ1v) is 12.2. The summed E-state index contributed by atoms with van der Waals surface area (Å²) in [5, 5.41) is 8.67. The number of H-pyrrole nitrogens is 2. The van der Waals surface area contributed by atoms with Gasteiger partial charge < -0.3 is 9.72 Å². The first kappa shape index (κ1) is 21.9. The van der Waals surface area contributed by atoms with Gasteiger partial charge in [-0.3, -0.25) is 20.1 Å². The van der Waals surface area contributed by atoms with E-state index in [9.17, 15) is 0 Å². The second kappa shape index (κ2) is 9.25. The summed E-state index contributed by atoms with van der Waals surface area (Å²) >= 11 is 0. The van der Waals surface area contributed by atoms with Crippen LogP contribution < -0.4 is 4.74 Å². The Morgan fingerprint density at radius 3 is 2.53 bits per heavy atom. The predicted octanol–water partition coefficient (Wildman–Crippen LogP) is 6.20. The smallest absolute Gasteiger partial charge is 0.159 e. The average molecular weight is 496 g/mol. The van der Waals surface area contributed by atoms with E-state index >= 15 is 0 Å². The molecule has 2 N–H and O–H groups in total. The first-order valence-electron chi connectivity index (χ1n) is 12.2. The second-order valence-corrected chi connectivity index (χ2v) is 8.90. The Bertz CT molecular complexity index is 1880. The molecule has 7 aromatic rings. The number of ether oxygens (including phenoxy) is 1. The molecule has 0 aliphatic rings. The number of benzene rings is 2. The standard InChI is InChI=1S/C30H21N7O/c1-2-5-19(6-3-1)18-38-23-13-22(16-32-17-23)20-8-9-25-24(14-20)28(37-36-25)30-34-26-10-12-33-27(29(26)35-30)21-7-4-11-31-15-21/h1-17H,18H2,(H,34,35)(H,36,37). The third-order valence-electron chi connectivity index (χ3n) is 6.42. The summed E-state index contributed by atoms with van der Waals surface area (Å²) in [6.45, 7) is 0.485. The first-order chi connectivity index (χ1) is 18.8. The van der Waals surface area contributed by atoms with Crippen molar-refractivity contribution in [1.29, 1.82) is 0 Å². The number of pyridine rings is 3. The van der Waals surface area contributed by atoms with Crippen LogP contribution in [0.3, 0.4) is 0 Å². The molecule has 0 fully saturated rings. The molecule has 0 spiro atoms. The van der Waals surface area contributed by atoms with Gasteiger partial charge in [0, 0.05) is 41.3 Å². The number of nitrogens with zero attached hydrogens (tertiary/aromatic N) is 5. The van der Waals surface area contributed by atoms with Gasteiger partial charge in [-0.25, -0.2) is 4.98 Å². The molecule has 2 aromatic carbocycles. The molecule has 0 aliphatic heterocycles. The minimum Gasteiger partial charge on any atom is -0.487 e. The lowest BCUT2D eigenvalue weighted by Crippen LogP contribution is -1.95. The van der Waals surface area contributed by atoms with Crippen molar-refractivity contribution in [2.24, 2.45) is 0 Å². The summed E-state index contributed by atoms with van der Waals surface area (Å²) in [6.07, 6.45) is 8.87. The molecule has 0 saturated carbocycles. The molecule has 0 unspecified atom stereocenters. The fourth-order valence-corrected chi connectivity index (χ4v) is 4.53. The number of hydrogen-bond acceptors (Lipinski definition) is 6. The van der Waals surface area contributed by atoms with Gasteiger partial charge in [-0.05, 0) is 47.5 Å². The van der Waals surface area contributed by atoms with Gasteiger partial charge in [-0.1, -0.05) is 36.4 Å². The predicted molar refractivity (Wildman–Crippen MR) is 146 cm³/mol. The normalized spacial score (nSPS) is 11.3. The summed E-state index contributed by atoms with van der Waals surface area (Å²) in [4.78, 5) is 21.5. The summed E-state index contributed by atoms with van der Waals surface area (Å²) in [5.41, 5.74) is 8.06. The molecule has 5 aromatic heterocycles. The van der Waals surface area contributed by atoms with Crippen LogP contribution in [0.5, 0.6) is 5.75 Å². The maximum atomic E-state index is 5.99. The van der Waals surface area contributed by atoms with Gasteiger partial charge in [0.2, 0.25) is 0 Å². The van der Waals surface area contributed by atoms with Crippen LogP contribution in [0.4, 0.5) is 0 Å². The van der Waals surface area contributed by atoms with Crippen molar-refractivity contribution in [2.75, 3.05) is 0 Å². The molecule has 0 bridgehead atoms. The summed E-state index contributed by atoms with van der Waals surface area (Å²) in [6, 6.07) is 24.0. The van der Waals surface area contributed by atoms with Gasteiger partial charge in [0.25, 0.3) is 0 Å². The zero-order chi connectivity index (χ0) is 25.3. The number of hydrogen-bond donors (Lipinski definition) is 2. The third-order valence-corrected chi connectivity index (χ3v) is 6.42. The summed E-state index contributed by atoms with van der Waals surface area (Å²) in [5.74, 6) is 1.38. The molecule has 182 valence electrons. The maximum absolute atomic E-state index is 5.99. The van der Waals surface area contributed by atoms with Crippen LogP contribution in [-0.2, 0) is 6.61 Å². The monoisotopic (exact) mass is 495 g/mol. The lowest BCUT2D eigenvalue weighted by molar-refractivity contribution is 0.305. The Morgan fingerprint density at radius 1 is 0.711 bits per heavy atom. The van der Waals surface area contributed by atoms with E-state index in [-0.39, 0.29) is 0 Å². The number of aromatic nitrogens is 7. The zero-order valence-corrected chi connectivity index (χ0v) is 20.2. The van der Waals surface area contributed by atoms with Gasteiger partial charge in [-0.2, -0.15) is 5.10 Å². The van der Waals surface area contributed by atoms with Crippen molar-refractivity contribution in [3.63, 3.8) is 0 Å². The molecule has 38 heavy (non-hydrogen) atoms. The van der Waals surface area contributed by atoms with Crippen molar-refractivity contribution >= 4 is 21.9 Å². The van der Waals surface area contributed by atoms with E-state index in [4.69, 9.17) is 9.72 Å². The molecule has 0 atom stereocenters. The van der Waals surface area contributed by atoms with Crippen LogP contribution in [0.25, 0.3) is 55.8 Å². The van der Waals surface area contributed by atoms with Gasteiger partial charge in [0.05, 0.1) is 22.9 Å². The highest BCUT2D eigenvalue weighted by atomic mass is 16.5. The third kappa shape index (κ3) is 4.04. The Morgan fingerprint density at radius 2 is 1.63 bits per heavy atom. The van der Waals surface area contributed by atoms with Crippen LogP contribution in [0.1, 0.15) is 5.56 Å². The van der Waals surface area contributed by atoms with Crippen LogP contribution in [0, 0.1) is 0 Å². The zero-order valence-electron chi connectivity index (χ0n) is 20.2. The van der Waals surface area contributed by atoms with Crippen LogP contribution in [0.15, 0.2) is 104 Å². The number of fused-ring (bicyclic) bond motifs is 2. The van der Waals surface area contributed by atoms with Gasteiger partial charge in [0.15, 0.2) is 5.82 Å². The van der Waals surface area contributed by atoms with Crippen LogP contribution >= 0.6 is 0 Å². The molecule has 7 rings (SSSR count). The number of rotatable bonds is 6. The molecule has 8 nitrogen and oxygen atoms in total. The van der Waals surface area contributed by atoms with E-state index in [0.29, 0.717) is 18.2 Å². The van der Waals surface area contributed by atoms with E-state index in [1.807, 2.05) is 72.9 Å². The molecule has 0 saturated heterocycles. The van der Waals surface area contributed by atoms with Crippen molar-refractivity contribution < 1.29 is 4.74 Å². The summed E-state index contributed by atoms with van der Waals surface area (Å²) < 4.78 is 5.99. The molecular weight excluding hydrogens is 474 g/mol. The van der Waals surface area contributed by atoms with E-state index in [1.165, 1.54) is 0 Å². The van der Waals surface area contributed by atoms with E-state index in [1.54, 1.807) is 24.8 Å². The molecule has 5 heterocycles. The average Bonchev–Trinajstić information content (AvgIpc) is 3.61. The molecule has 8 heteroatoms. The van der Waals surface area contributed by atoms with Gasteiger partial charge >= 0.3 is 0 Å². The minimum absolute atomic E-state index is 0.485. The highest BCUT2D eigenvalue weighted by molar-refractivity contribution is 5.97. The molecule has 0 aliphatic carbocycles. The van der Waals surface area contributed by atoms with E-state index in [0.717, 1.165) is 55.6 Å². The second-order valence-electron chi connectivity index (χ2n) is 8.90. The Labute approximate surface area is 217 Å². The quantitative estimate of drug-likeness (QED) is 0.284. The number of nitrogens with one attached hydrogen (secondary N) is 2. The molecule has 0 radical (unpaired) electrons. The largest absolute Gasteiger partial charge is 0.487 e. The maximum Gasteiger partial charge on any atom is 0.159 e. The lowest BCUT2D eigenvalue weighted by atomic mass is 10.0. The fraction of sp³-hybridized carbons (Fsp3) is 0.0333. The van der Waals surface area contributed by atoms with E-state index < -0.39 is 0 Å². The van der Waals surface area contributed by atoms with Gasteiger partial charge in [-0.15, -0.1) is 0 Å². The van der Waals surface area contributed by atoms with E-state index in [2.05, 4.69) is 36.2 Å². The fourth-order valence-electron chi connectivity index (χ4n) is 4.53. The van der Waals surface area contributed by atoms with Crippen molar-refractivity contribution in [3.8, 4) is 39.7 Å². The van der Waals surface area contributed by atoms with Gasteiger partial charge in [0.1, 0.15) is 23.6 Å². The SMILES string of the molecule is c1ccc(COc2cncc(-c3ccc4[nH]nc(-c5nc6c(-c7cccnc7)nccc6[nH]5)c4c3)c2)cc1. The van der Waals surface area contributed by atoms with Crippen LogP contribution in [-0.4, -0.2) is 35.1 Å². The highest BCUT2D eigenvalue weighted by Crippen LogP contribution is 2.32. The minimum atomic E-state index is 0.485. The molecule has 0 amide bonds. The Kier molecular flexibility index (Phi) is 5.33.